The predicted octanol–water partition coefficient (Wildman–Crippen LogP) is 3.06. The van der Waals surface area contributed by atoms with Crippen molar-refractivity contribution in [1.29, 1.82) is 0 Å². The molecule has 0 unspecified atom stereocenters. The molecule has 27 heavy (non-hydrogen) atoms. The van der Waals surface area contributed by atoms with Crippen LogP contribution >= 0.6 is 23.2 Å². The normalized spacial score (nSPS) is 15.0. The molecule has 0 spiro atoms. The largest absolute Gasteiger partial charge is 0.535 e. The third-order valence-electron chi connectivity index (χ3n) is 3.82. The van der Waals surface area contributed by atoms with Crippen LogP contribution in [0.5, 0.6) is 5.75 Å². The van der Waals surface area contributed by atoms with Crippen LogP contribution in [-0.2, 0) is 22.7 Å². The quantitative estimate of drug-likeness (QED) is 0.761. The number of carbonyl (C=O) groups excluding carboxylic acids is 1. The maximum absolute atomic E-state index is 13.3. The highest BCUT2D eigenvalue weighted by molar-refractivity contribution is 6.41. The molecule has 0 atom stereocenters. The third kappa shape index (κ3) is 4.05. The molecule has 2 heterocycles. The molecule has 11 heteroatoms. The van der Waals surface area contributed by atoms with Gasteiger partial charge in [0.2, 0.25) is 5.91 Å². The number of anilines is 1. The van der Waals surface area contributed by atoms with E-state index in [0.29, 0.717) is 11.3 Å². The average Bonchev–Trinajstić information content (AvgIpc) is 2.59. The summed E-state index contributed by atoms with van der Waals surface area (Å²) >= 11 is 11.5. The molecular formula is C16H13Cl2F2N3O4. The van der Waals surface area contributed by atoms with Crippen LogP contribution < -0.4 is 15.2 Å². The van der Waals surface area contributed by atoms with Crippen molar-refractivity contribution in [2.75, 3.05) is 11.4 Å². The van der Waals surface area contributed by atoms with Crippen molar-refractivity contribution in [3.8, 4) is 5.75 Å². The highest BCUT2D eigenvalue weighted by Gasteiger charge is 2.40. The lowest BCUT2D eigenvalue weighted by Crippen LogP contribution is -2.39. The molecule has 0 saturated carbocycles. The van der Waals surface area contributed by atoms with Gasteiger partial charge in [0.25, 0.3) is 5.56 Å². The van der Waals surface area contributed by atoms with Gasteiger partial charge in [-0.2, -0.15) is 5.10 Å². The fraction of sp³-hybridized carbons (Fsp3) is 0.312. The van der Waals surface area contributed by atoms with Crippen LogP contribution in [0.15, 0.2) is 29.1 Å². The van der Waals surface area contributed by atoms with Crippen molar-refractivity contribution in [2.24, 2.45) is 0 Å². The third-order valence-corrected chi connectivity index (χ3v) is 4.49. The second-order valence-electron chi connectivity index (χ2n) is 5.52. The maximum Gasteiger partial charge on any atom is 0.535 e. The van der Waals surface area contributed by atoms with Crippen molar-refractivity contribution in [1.82, 2.24) is 9.78 Å². The van der Waals surface area contributed by atoms with Gasteiger partial charge in [-0.1, -0.05) is 29.3 Å². The number of hydrogen-bond acceptors (Lipinski definition) is 5. The van der Waals surface area contributed by atoms with Crippen molar-refractivity contribution < 1.29 is 23.0 Å². The first-order valence-electron chi connectivity index (χ1n) is 7.78. The molecule has 2 aromatic rings. The van der Waals surface area contributed by atoms with E-state index in [1.807, 2.05) is 0 Å². The Balaban J connectivity index is 1.91. The highest BCUT2D eigenvalue weighted by Crippen LogP contribution is 2.38. The van der Waals surface area contributed by atoms with Gasteiger partial charge in [0.15, 0.2) is 5.15 Å². The SMILES string of the molecule is CCN(C(=O)Cn1nc(Cl)c(Cl)cc1=O)c1cccc2c1COC(F)(F)O2. The number of hydrogen-bond donors (Lipinski definition) is 0. The number of alkyl halides is 2. The summed E-state index contributed by atoms with van der Waals surface area (Å²) in [5.74, 6) is -0.587. The lowest BCUT2D eigenvalue weighted by atomic mass is 10.1. The smallest absolute Gasteiger partial charge is 0.409 e. The second-order valence-corrected chi connectivity index (χ2v) is 6.29. The minimum Gasteiger partial charge on any atom is -0.409 e. The molecule has 144 valence electrons. The maximum atomic E-state index is 13.3. The summed E-state index contributed by atoms with van der Waals surface area (Å²) in [5, 5.41) is 3.63. The topological polar surface area (TPSA) is 73.7 Å². The molecule has 0 bridgehead atoms. The lowest BCUT2D eigenvalue weighted by Gasteiger charge is -2.30. The van der Waals surface area contributed by atoms with E-state index in [0.717, 1.165) is 10.7 Å². The molecule has 3 rings (SSSR count). The number of carbonyl (C=O) groups is 1. The standard InChI is InChI=1S/C16H13Cl2F2N3O4/c1-2-22(14(25)7-23-13(24)6-10(17)15(18)21-23)11-4-3-5-12-9(11)8-26-16(19,20)27-12/h3-6H,2,7-8H2,1H3. The fourth-order valence-electron chi connectivity index (χ4n) is 2.61. The van der Waals surface area contributed by atoms with E-state index in [9.17, 15) is 18.4 Å². The molecule has 0 saturated heterocycles. The summed E-state index contributed by atoms with van der Waals surface area (Å²) in [6.07, 6.45) is -3.73. The van der Waals surface area contributed by atoms with E-state index in [1.165, 1.54) is 17.0 Å². The Morgan fingerprint density at radius 3 is 2.85 bits per heavy atom. The summed E-state index contributed by atoms with van der Waals surface area (Å²) in [7, 11) is 0. The Kier molecular flexibility index (Phi) is 5.36. The van der Waals surface area contributed by atoms with Gasteiger partial charge in [-0.05, 0) is 19.1 Å². The van der Waals surface area contributed by atoms with Gasteiger partial charge in [0.05, 0.1) is 17.3 Å². The Labute approximate surface area is 162 Å². The molecule has 0 fully saturated rings. The van der Waals surface area contributed by atoms with Crippen LogP contribution in [-0.4, -0.2) is 28.5 Å². The molecule has 0 radical (unpaired) electrons. The Bertz CT molecular complexity index is 952. The van der Waals surface area contributed by atoms with Crippen LogP contribution in [0.1, 0.15) is 12.5 Å². The predicted molar refractivity (Wildman–Crippen MR) is 93.4 cm³/mol. The zero-order chi connectivity index (χ0) is 19.8. The number of benzene rings is 1. The molecule has 1 aliphatic heterocycles. The zero-order valence-corrected chi connectivity index (χ0v) is 15.4. The van der Waals surface area contributed by atoms with E-state index >= 15 is 0 Å². The van der Waals surface area contributed by atoms with E-state index < -0.39 is 30.9 Å². The Morgan fingerprint density at radius 1 is 1.41 bits per heavy atom. The van der Waals surface area contributed by atoms with Gasteiger partial charge in [0.1, 0.15) is 12.3 Å². The molecular weight excluding hydrogens is 407 g/mol. The number of aromatic nitrogens is 2. The van der Waals surface area contributed by atoms with Gasteiger partial charge in [-0.15, -0.1) is 8.78 Å². The van der Waals surface area contributed by atoms with E-state index in [2.05, 4.69) is 14.6 Å². The van der Waals surface area contributed by atoms with Crippen molar-refractivity contribution >= 4 is 34.8 Å². The molecule has 1 aromatic heterocycles. The molecule has 0 N–H and O–H groups in total. The number of halogens is 4. The van der Waals surface area contributed by atoms with Crippen LogP contribution in [0.2, 0.25) is 10.2 Å². The van der Waals surface area contributed by atoms with E-state index in [-0.39, 0.29) is 22.5 Å². The van der Waals surface area contributed by atoms with Crippen LogP contribution in [0.3, 0.4) is 0 Å². The number of amides is 1. The molecule has 1 amide bonds. The number of fused-ring (bicyclic) bond motifs is 1. The number of rotatable bonds is 4. The van der Waals surface area contributed by atoms with Crippen molar-refractivity contribution in [3.63, 3.8) is 0 Å². The molecule has 1 aliphatic rings. The summed E-state index contributed by atoms with van der Waals surface area (Å²) in [5.41, 5.74) is 0.0341. The van der Waals surface area contributed by atoms with E-state index in [1.54, 1.807) is 13.0 Å². The Hall–Kier alpha value is -2.23. The van der Waals surface area contributed by atoms with Crippen molar-refractivity contribution in [3.05, 3.63) is 50.4 Å². The Morgan fingerprint density at radius 2 is 2.15 bits per heavy atom. The first-order valence-corrected chi connectivity index (χ1v) is 8.53. The van der Waals surface area contributed by atoms with Crippen molar-refractivity contribution in [2.45, 2.75) is 26.4 Å². The summed E-state index contributed by atoms with van der Waals surface area (Å²) in [6, 6.07) is 5.46. The summed E-state index contributed by atoms with van der Waals surface area (Å²) < 4.78 is 36.3. The van der Waals surface area contributed by atoms with Gasteiger partial charge in [-0.3, -0.25) is 14.3 Å². The summed E-state index contributed by atoms with van der Waals surface area (Å²) in [4.78, 5) is 26.0. The first kappa shape index (κ1) is 19.5. The first-order chi connectivity index (χ1) is 12.7. The second kappa shape index (κ2) is 7.41. The molecule has 7 nitrogen and oxygen atoms in total. The fourth-order valence-corrected chi connectivity index (χ4v) is 2.89. The van der Waals surface area contributed by atoms with Gasteiger partial charge in [-0.25, -0.2) is 4.68 Å². The zero-order valence-electron chi connectivity index (χ0n) is 13.9. The molecule has 0 aliphatic carbocycles. The molecule has 1 aromatic carbocycles. The number of ether oxygens (including phenoxy) is 2. The van der Waals surface area contributed by atoms with Crippen LogP contribution in [0.25, 0.3) is 0 Å². The van der Waals surface area contributed by atoms with Gasteiger partial charge in [0, 0.05) is 18.2 Å². The minimum atomic E-state index is -3.73. The van der Waals surface area contributed by atoms with Gasteiger partial charge < -0.3 is 9.64 Å². The number of nitrogens with zero attached hydrogens (tertiary/aromatic N) is 3. The van der Waals surface area contributed by atoms with E-state index in [4.69, 9.17) is 23.2 Å². The number of likely N-dealkylation sites (N-methyl/N-ethyl adjacent to an activating group) is 1. The van der Waals surface area contributed by atoms with Gasteiger partial charge >= 0.3 is 6.29 Å². The highest BCUT2D eigenvalue weighted by atomic mass is 35.5. The minimum absolute atomic E-state index is 0.0231. The van der Waals surface area contributed by atoms with Crippen LogP contribution in [0, 0.1) is 0 Å². The lowest BCUT2D eigenvalue weighted by molar-refractivity contribution is -0.367. The monoisotopic (exact) mass is 419 g/mol. The average molecular weight is 420 g/mol. The van der Waals surface area contributed by atoms with Crippen LogP contribution in [0.4, 0.5) is 14.5 Å². The summed E-state index contributed by atoms with van der Waals surface area (Å²) in [6.45, 7) is 1.06.